The van der Waals surface area contributed by atoms with Crippen molar-refractivity contribution in [2.24, 2.45) is 0 Å². The third kappa shape index (κ3) is 3.30. The van der Waals surface area contributed by atoms with Gasteiger partial charge in [0.1, 0.15) is 17.4 Å². The van der Waals surface area contributed by atoms with E-state index in [4.69, 9.17) is 9.68 Å². The van der Waals surface area contributed by atoms with Crippen LogP contribution < -0.4 is 5.32 Å². The Bertz CT molecular complexity index is 843. The maximum atomic E-state index is 12.5. The number of nitrogens with one attached hydrogen (secondary N) is 1. The quantitative estimate of drug-likeness (QED) is 0.861. The van der Waals surface area contributed by atoms with Crippen molar-refractivity contribution in [3.05, 3.63) is 52.3 Å². The van der Waals surface area contributed by atoms with Crippen molar-refractivity contribution < 1.29 is 27.2 Å². The Balaban J connectivity index is 2.29. The summed E-state index contributed by atoms with van der Waals surface area (Å²) in [6.07, 6.45) is -4.50. The number of carbonyl (C=O) groups excluding carboxylic acids is 2. The molecule has 2 aromatic rings. The van der Waals surface area contributed by atoms with Crippen molar-refractivity contribution in [1.29, 1.82) is 5.26 Å². The fraction of sp³-hybridized carbons (Fsp3) is 0.188. The van der Waals surface area contributed by atoms with Crippen LogP contribution in [-0.4, -0.2) is 11.7 Å². The summed E-state index contributed by atoms with van der Waals surface area (Å²) in [6.45, 7) is 2.71. The number of halogens is 3. The van der Waals surface area contributed by atoms with Gasteiger partial charge in [0.2, 0.25) is 5.88 Å². The molecule has 0 unspecified atom stereocenters. The van der Waals surface area contributed by atoms with Crippen molar-refractivity contribution in [3.8, 4) is 6.07 Å². The van der Waals surface area contributed by atoms with Gasteiger partial charge in [-0.1, -0.05) is 0 Å². The van der Waals surface area contributed by atoms with E-state index in [-0.39, 0.29) is 28.3 Å². The minimum absolute atomic E-state index is 0.0506. The van der Waals surface area contributed by atoms with Gasteiger partial charge in [-0.05, 0) is 38.1 Å². The number of ketones is 1. The molecule has 5 nitrogen and oxygen atoms in total. The molecule has 8 heteroatoms. The molecule has 1 amide bonds. The first-order valence-electron chi connectivity index (χ1n) is 6.68. The van der Waals surface area contributed by atoms with Crippen LogP contribution in [0.25, 0.3) is 0 Å². The molecule has 0 spiro atoms. The van der Waals surface area contributed by atoms with Gasteiger partial charge in [-0.15, -0.1) is 0 Å². The molecule has 0 aliphatic heterocycles. The Hall–Kier alpha value is -3.08. The Morgan fingerprint density at radius 2 is 1.79 bits per heavy atom. The summed E-state index contributed by atoms with van der Waals surface area (Å²) in [5, 5.41) is 11.4. The topological polar surface area (TPSA) is 83.1 Å². The maximum Gasteiger partial charge on any atom is 0.416 e. The average molecular weight is 336 g/mol. The smallest absolute Gasteiger partial charge is 0.416 e. The van der Waals surface area contributed by atoms with E-state index in [1.54, 1.807) is 6.07 Å². The summed E-state index contributed by atoms with van der Waals surface area (Å²) >= 11 is 0. The number of hydrogen-bond donors (Lipinski definition) is 1. The third-order valence-corrected chi connectivity index (χ3v) is 3.25. The zero-order valence-corrected chi connectivity index (χ0v) is 12.6. The van der Waals surface area contributed by atoms with E-state index >= 15 is 0 Å². The standard InChI is InChI=1S/C16H11F3N2O3/c1-8(22)13-9(2)24-15(12(13)7-20)21-14(23)10-3-5-11(6-4-10)16(17,18)19/h3-6H,1-2H3,(H,21,23). The number of benzene rings is 1. The van der Waals surface area contributed by atoms with Crippen molar-refractivity contribution in [2.75, 3.05) is 5.32 Å². The maximum absolute atomic E-state index is 12.5. The van der Waals surface area contributed by atoms with Gasteiger partial charge in [-0.2, -0.15) is 18.4 Å². The predicted molar refractivity (Wildman–Crippen MR) is 77.6 cm³/mol. The summed E-state index contributed by atoms with van der Waals surface area (Å²) in [6, 6.07) is 5.33. The first kappa shape index (κ1) is 17.3. The highest BCUT2D eigenvalue weighted by Crippen LogP contribution is 2.30. The molecular weight excluding hydrogens is 325 g/mol. The average Bonchev–Trinajstić information content (AvgIpc) is 2.81. The molecule has 0 aliphatic carbocycles. The largest absolute Gasteiger partial charge is 0.443 e. The summed E-state index contributed by atoms with van der Waals surface area (Å²) in [5.41, 5.74) is -1.00. The van der Waals surface area contributed by atoms with Gasteiger partial charge in [-0.25, -0.2) is 0 Å². The number of rotatable bonds is 3. The Kier molecular flexibility index (Phi) is 4.46. The molecular formula is C16H11F3N2O3. The van der Waals surface area contributed by atoms with E-state index in [0.717, 1.165) is 24.3 Å². The number of amides is 1. The first-order chi connectivity index (χ1) is 11.1. The zero-order chi connectivity index (χ0) is 18.1. The number of aryl methyl sites for hydroxylation is 1. The van der Waals surface area contributed by atoms with Crippen LogP contribution in [-0.2, 0) is 6.18 Å². The van der Waals surface area contributed by atoms with E-state index in [0.29, 0.717) is 0 Å². The zero-order valence-electron chi connectivity index (χ0n) is 12.6. The fourth-order valence-electron chi connectivity index (χ4n) is 2.15. The normalized spacial score (nSPS) is 11.0. The van der Waals surface area contributed by atoms with Gasteiger partial charge in [0, 0.05) is 5.56 Å². The second kappa shape index (κ2) is 6.20. The van der Waals surface area contributed by atoms with Crippen LogP contribution in [0.5, 0.6) is 0 Å². The van der Waals surface area contributed by atoms with Gasteiger partial charge in [0.25, 0.3) is 5.91 Å². The van der Waals surface area contributed by atoms with Gasteiger partial charge >= 0.3 is 6.18 Å². The summed E-state index contributed by atoms with van der Waals surface area (Å²) < 4.78 is 42.7. The second-order valence-electron chi connectivity index (χ2n) is 4.93. The van der Waals surface area contributed by atoms with Crippen LogP contribution in [0.1, 0.15) is 44.5 Å². The number of carbonyl (C=O) groups is 2. The molecule has 0 saturated heterocycles. The van der Waals surface area contributed by atoms with Crippen LogP contribution in [0.4, 0.5) is 19.1 Å². The van der Waals surface area contributed by atoms with Crippen molar-refractivity contribution in [2.45, 2.75) is 20.0 Å². The minimum atomic E-state index is -4.50. The molecule has 0 bridgehead atoms. The Morgan fingerprint density at radius 1 is 1.21 bits per heavy atom. The molecule has 0 saturated carbocycles. The summed E-state index contributed by atoms with van der Waals surface area (Å²) in [4.78, 5) is 23.6. The first-order valence-corrected chi connectivity index (χ1v) is 6.68. The second-order valence-corrected chi connectivity index (χ2v) is 4.93. The third-order valence-electron chi connectivity index (χ3n) is 3.25. The lowest BCUT2D eigenvalue weighted by Gasteiger charge is -2.07. The lowest BCUT2D eigenvalue weighted by Crippen LogP contribution is -2.13. The van der Waals surface area contributed by atoms with Gasteiger partial charge < -0.3 is 4.42 Å². The summed E-state index contributed by atoms with van der Waals surface area (Å²) in [5.74, 6) is -1.21. The number of alkyl halides is 3. The SMILES string of the molecule is CC(=O)c1c(C)oc(NC(=O)c2ccc(C(F)(F)F)cc2)c1C#N. The highest BCUT2D eigenvalue weighted by molar-refractivity contribution is 6.06. The monoisotopic (exact) mass is 336 g/mol. The molecule has 2 rings (SSSR count). The molecule has 1 aromatic heterocycles. The van der Waals surface area contributed by atoms with E-state index in [9.17, 15) is 22.8 Å². The molecule has 1 heterocycles. The van der Waals surface area contributed by atoms with Crippen molar-refractivity contribution >= 4 is 17.6 Å². The number of hydrogen-bond acceptors (Lipinski definition) is 4. The van der Waals surface area contributed by atoms with Gasteiger partial charge in [0.05, 0.1) is 11.1 Å². The van der Waals surface area contributed by atoms with E-state index < -0.39 is 23.4 Å². The van der Waals surface area contributed by atoms with E-state index in [2.05, 4.69) is 5.32 Å². The molecule has 1 N–H and O–H groups in total. The van der Waals surface area contributed by atoms with Crippen molar-refractivity contribution in [1.82, 2.24) is 0 Å². The molecule has 0 atom stereocenters. The number of anilines is 1. The van der Waals surface area contributed by atoms with Crippen LogP contribution in [0.3, 0.4) is 0 Å². The van der Waals surface area contributed by atoms with Crippen LogP contribution >= 0.6 is 0 Å². The highest BCUT2D eigenvalue weighted by atomic mass is 19.4. The minimum Gasteiger partial charge on any atom is -0.443 e. The Labute approximate surface area is 134 Å². The molecule has 0 aliphatic rings. The molecule has 0 fully saturated rings. The number of nitriles is 1. The van der Waals surface area contributed by atoms with Crippen molar-refractivity contribution in [3.63, 3.8) is 0 Å². The van der Waals surface area contributed by atoms with Crippen LogP contribution in [0.15, 0.2) is 28.7 Å². The number of nitrogens with zero attached hydrogens (tertiary/aromatic N) is 1. The van der Waals surface area contributed by atoms with Gasteiger partial charge in [-0.3, -0.25) is 14.9 Å². The van der Waals surface area contributed by atoms with Crippen LogP contribution in [0, 0.1) is 18.3 Å². The Morgan fingerprint density at radius 3 is 2.25 bits per heavy atom. The molecule has 24 heavy (non-hydrogen) atoms. The number of Topliss-reactive ketones (excluding diaryl/α,β-unsaturated/α-hetero) is 1. The lowest BCUT2D eigenvalue weighted by molar-refractivity contribution is -0.137. The van der Waals surface area contributed by atoms with E-state index in [1.807, 2.05) is 0 Å². The number of furan rings is 1. The molecule has 1 aromatic carbocycles. The van der Waals surface area contributed by atoms with Gasteiger partial charge in [0.15, 0.2) is 5.78 Å². The van der Waals surface area contributed by atoms with Crippen LogP contribution in [0.2, 0.25) is 0 Å². The summed E-state index contributed by atoms with van der Waals surface area (Å²) in [7, 11) is 0. The van der Waals surface area contributed by atoms with E-state index in [1.165, 1.54) is 13.8 Å². The highest BCUT2D eigenvalue weighted by Gasteiger charge is 2.30. The molecule has 124 valence electrons. The fourth-order valence-corrected chi connectivity index (χ4v) is 2.15. The molecule has 0 radical (unpaired) electrons. The predicted octanol–water partition coefficient (Wildman–Crippen LogP) is 3.93. The lowest BCUT2D eigenvalue weighted by atomic mass is 10.1.